The molecule has 2 aromatic carbocycles. The van der Waals surface area contributed by atoms with Gasteiger partial charge in [-0.1, -0.05) is 35.9 Å². The van der Waals surface area contributed by atoms with Crippen LogP contribution in [0, 0.1) is 0 Å². The molecule has 4 aromatic rings. The number of ether oxygens (including phenoxy) is 2. The molecular formula is C27H20ClF3N6O5. The summed E-state index contributed by atoms with van der Waals surface area (Å²) in [4.78, 5) is 38.3. The van der Waals surface area contributed by atoms with Crippen LogP contribution in [0.2, 0.25) is 5.02 Å². The number of hydrogen-bond acceptors (Lipinski definition) is 10. The van der Waals surface area contributed by atoms with Crippen LogP contribution >= 0.6 is 11.6 Å². The number of methoxy groups -OCH3 is 1. The van der Waals surface area contributed by atoms with E-state index in [-0.39, 0.29) is 40.0 Å². The fourth-order valence-electron chi connectivity index (χ4n) is 4.17. The Morgan fingerprint density at radius 3 is 2.64 bits per heavy atom. The number of rotatable bonds is 6. The molecule has 1 amide bonds. The molecule has 11 nitrogen and oxygen atoms in total. The van der Waals surface area contributed by atoms with Gasteiger partial charge in [-0.25, -0.2) is 14.8 Å². The average molecular weight is 601 g/mol. The van der Waals surface area contributed by atoms with Crippen molar-refractivity contribution < 1.29 is 36.7 Å². The lowest BCUT2D eigenvalue weighted by molar-refractivity contribution is -0.274. The normalized spacial score (nSPS) is 15.1. The van der Waals surface area contributed by atoms with E-state index in [1.807, 2.05) is 0 Å². The molecule has 1 aliphatic rings. The first-order valence-corrected chi connectivity index (χ1v) is 12.5. The van der Waals surface area contributed by atoms with Crippen LogP contribution < -0.4 is 20.7 Å². The van der Waals surface area contributed by atoms with Crippen LogP contribution in [-0.4, -0.2) is 41.3 Å². The highest BCUT2D eigenvalue weighted by atomic mass is 35.5. The van der Waals surface area contributed by atoms with Gasteiger partial charge >= 0.3 is 18.3 Å². The Kier molecular flexibility index (Phi) is 7.72. The van der Waals surface area contributed by atoms with Crippen LogP contribution in [0.4, 0.5) is 25.0 Å². The van der Waals surface area contributed by atoms with E-state index in [0.29, 0.717) is 16.3 Å². The fourth-order valence-corrected chi connectivity index (χ4v) is 4.41. The standard InChI is InChI=1S/C27H20ClF3N6O5/c1-13-20(23(38)35-19-12-14(10-11-32-19)24(39)40-2)21(15-6-3-4-7-16(15)28)36-25(33-13)37-26-34-17-8-5-9-18(22(17)41-26)42-27(29,30)31/h3-12,21H,1-2H3,(H,32,35,38)(H2,33,34,36,37). The first-order valence-electron chi connectivity index (χ1n) is 12.1. The Morgan fingerprint density at radius 1 is 1.12 bits per heavy atom. The molecule has 3 N–H and O–H groups in total. The van der Waals surface area contributed by atoms with E-state index in [1.165, 1.54) is 37.6 Å². The molecule has 0 fully saturated rings. The van der Waals surface area contributed by atoms with Gasteiger partial charge in [0.15, 0.2) is 11.3 Å². The van der Waals surface area contributed by atoms with Crippen LogP contribution in [0.3, 0.4) is 0 Å². The Labute approximate surface area is 240 Å². The summed E-state index contributed by atoms with van der Waals surface area (Å²) < 4.78 is 52.8. The van der Waals surface area contributed by atoms with E-state index in [0.717, 1.165) is 6.07 Å². The first kappa shape index (κ1) is 28.4. The summed E-state index contributed by atoms with van der Waals surface area (Å²) in [7, 11) is 1.23. The van der Waals surface area contributed by atoms with Gasteiger partial charge < -0.3 is 24.5 Å². The maximum atomic E-state index is 13.5. The highest BCUT2D eigenvalue weighted by molar-refractivity contribution is 6.31. The topological polar surface area (TPSA) is 140 Å². The lowest BCUT2D eigenvalue weighted by atomic mass is 9.95. The Morgan fingerprint density at radius 2 is 1.90 bits per heavy atom. The van der Waals surface area contributed by atoms with Crippen LogP contribution in [0.5, 0.6) is 5.75 Å². The van der Waals surface area contributed by atoms with Crippen LogP contribution in [0.25, 0.3) is 11.1 Å². The molecule has 3 heterocycles. The first-order chi connectivity index (χ1) is 20.0. The number of para-hydroxylation sites is 1. The lowest BCUT2D eigenvalue weighted by Crippen LogP contribution is -2.37. The number of allylic oxidation sites excluding steroid dienone is 1. The van der Waals surface area contributed by atoms with Crippen molar-refractivity contribution in [3.05, 3.63) is 88.2 Å². The van der Waals surface area contributed by atoms with Gasteiger partial charge in [0.25, 0.3) is 5.91 Å². The zero-order chi connectivity index (χ0) is 30.0. The maximum Gasteiger partial charge on any atom is 0.573 e. The van der Waals surface area contributed by atoms with E-state index in [4.69, 9.17) is 20.8 Å². The minimum atomic E-state index is -4.93. The van der Waals surface area contributed by atoms with Gasteiger partial charge in [-0.2, -0.15) is 4.98 Å². The Bertz CT molecular complexity index is 1750. The number of esters is 1. The molecular weight excluding hydrogens is 581 g/mol. The maximum absolute atomic E-state index is 13.5. The van der Waals surface area contributed by atoms with Crippen molar-refractivity contribution in [2.75, 3.05) is 17.7 Å². The molecule has 0 radical (unpaired) electrons. The second kappa shape index (κ2) is 11.4. The van der Waals surface area contributed by atoms with Gasteiger partial charge in [-0.3, -0.25) is 10.1 Å². The molecule has 0 bridgehead atoms. The SMILES string of the molecule is COC(=O)c1ccnc(NC(=O)C2=C(C)NC(Nc3nc4cccc(OC(F)(F)F)c4o3)=NC2c2ccccc2Cl)c1. The largest absolute Gasteiger partial charge is 0.573 e. The lowest BCUT2D eigenvalue weighted by Gasteiger charge is -2.26. The zero-order valence-corrected chi connectivity index (χ0v) is 22.5. The minimum absolute atomic E-state index is 0.0737. The number of fused-ring (bicyclic) bond motifs is 1. The molecule has 1 unspecified atom stereocenters. The van der Waals surface area contributed by atoms with Gasteiger partial charge in [-0.15, -0.1) is 13.2 Å². The third-order valence-electron chi connectivity index (χ3n) is 5.94. The Balaban J connectivity index is 1.46. The van der Waals surface area contributed by atoms with Crippen molar-refractivity contribution in [2.45, 2.75) is 19.3 Å². The second-order valence-electron chi connectivity index (χ2n) is 8.74. The molecule has 5 rings (SSSR count). The van der Waals surface area contributed by atoms with E-state index < -0.39 is 30.0 Å². The number of hydrogen-bond donors (Lipinski definition) is 3. The monoisotopic (exact) mass is 600 g/mol. The number of nitrogens with zero attached hydrogens (tertiary/aromatic N) is 3. The van der Waals surface area contributed by atoms with Gasteiger partial charge in [-0.05, 0) is 37.3 Å². The summed E-state index contributed by atoms with van der Waals surface area (Å²) >= 11 is 6.47. The molecule has 1 atom stereocenters. The van der Waals surface area contributed by atoms with E-state index in [2.05, 4.69) is 35.6 Å². The molecule has 42 heavy (non-hydrogen) atoms. The highest BCUT2D eigenvalue weighted by Gasteiger charge is 2.34. The van der Waals surface area contributed by atoms with Crippen molar-refractivity contribution in [3.63, 3.8) is 0 Å². The Hall–Kier alpha value is -5.11. The van der Waals surface area contributed by atoms with Crippen molar-refractivity contribution in [1.29, 1.82) is 0 Å². The molecule has 0 saturated heterocycles. The number of guanidine groups is 1. The molecule has 0 aliphatic carbocycles. The zero-order valence-electron chi connectivity index (χ0n) is 21.7. The van der Waals surface area contributed by atoms with E-state index in [9.17, 15) is 22.8 Å². The summed E-state index contributed by atoms with van der Waals surface area (Å²) in [6.07, 6.45) is -3.58. The van der Waals surface area contributed by atoms with E-state index >= 15 is 0 Å². The molecule has 0 saturated carbocycles. The summed E-state index contributed by atoms with van der Waals surface area (Å²) in [5.74, 6) is -1.58. The number of carbonyl (C=O) groups excluding carboxylic acids is 2. The number of carbonyl (C=O) groups is 2. The smallest absolute Gasteiger partial charge is 0.465 e. The number of benzene rings is 2. The van der Waals surface area contributed by atoms with Gasteiger partial charge in [0.1, 0.15) is 17.4 Å². The fraction of sp³-hybridized carbons (Fsp3) is 0.148. The molecule has 0 spiro atoms. The quantitative estimate of drug-likeness (QED) is 0.242. The summed E-state index contributed by atoms with van der Waals surface area (Å²) in [5, 5.41) is 8.73. The average Bonchev–Trinajstić information content (AvgIpc) is 3.35. The molecule has 15 heteroatoms. The second-order valence-corrected chi connectivity index (χ2v) is 9.14. The predicted octanol–water partition coefficient (Wildman–Crippen LogP) is 5.59. The van der Waals surface area contributed by atoms with Crippen LogP contribution in [0.1, 0.15) is 28.9 Å². The van der Waals surface area contributed by atoms with E-state index in [1.54, 1.807) is 31.2 Å². The number of aliphatic imine (C=N–C) groups is 1. The number of alkyl halides is 3. The third kappa shape index (κ3) is 6.12. The number of amides is 1. The van der Waals surface area contributed by atoms with Gasteiger partial charge in [0.2, 0.25) is 5.96 Å². The number of nitrogens with one attached hydrogen (secondary N) is 3. The summed E-state index contributed by atoms with van der Waals surface area (Å²) in [6.45, 7) is 1.62. The minimum Gasteiger partial charge on any atom is -0.465 e. The molecule has 2 aromatic heterocycles. The van der Waals surface area contributed by atoms with Crippen LogP contribution in [0.15, 0.2) is 81.5 Å². The van der Waals surface area contributed by atoms with Crippen LogP contribution in [-0.2, 0) is 9.53 Å². The number of anilines is 2. The molecule has 216 valence electrons. The van der Waals surface area contributed by atoms with Crippen molar-refractivity contribution in [2.24, 2.45) is 4.99 Å². The number of aromatic nitrogens is 2. The van der Waals surface area contributed by atoms with Gasteiger partial charge in [0, 0.05) is 22.5 Å². The highest BCUT2D eigenvalue weighted by Crippen LogP contribution is 2.36. The van der Waals surface area contributed by atoms with Crippen molar-refractivity contribution >= 4 is 52.4 Å². The summed E-state index contributed by atoms with van der Waals surface area (Å²) in [5.41, 5.74) is 1.08. The third-order valence-corrected chi connectivity index (χ3v) is 6.28. The van der Waals surface area contributed by atoms with Crippen molar-refractivity contribution in [1.82, 2.24) is 15.3 Å². The summed E-state index contributed by atoms with van der Waals surface area (Å²) in [6, 6.07) is 12.3. The number of oxazole rings is 1. The molecule has 1 aliphatic heterocycles. The van der Waals surface area contributed by atoms with Crippen molar-refractivity contribution in [3.8, 4) is 5.75 Å². The predicted molar refractivity (Wildman–Crippen MR) is 146 cm³/mol. The number of halogens is 4. The van der Waals surface area contributed by atoms with Gasteiger partial charge in [0.05, 0.1) is 18.2 Å². The number of pyridine rings is 1.